The Morgan fingerprint density at radius 1 is 1.05 bits per heavy atom. The number of nitrogens with one attached hydrogen (secondary N) is 2. The van der Waals surface area contributed by atoms with E-state index in [1.165, 1.54) is 0 Å². The Balaban J connectivity index is 1.58. The molecule has 0 bridgehead atoms. The summed E-state index contributed by atoms with van der Waals surface area (Å²) in [5, 5.41) is 19.0. The predicted octanol–water partition coefficient (Wildman–Crippen LogP) is 1.31. The van der Waals surface area contributed by atoms with Crippen LogP contribution in [-0.2, 0) is 21.2 Å². The molecule has 1 aromatic heterocycles. The van der Waals surface area contributed by atoms with Crippen LogP contribution in [0.2, 0.25) is 0 Å². The van der Waals surface area contributed by atoms with E-state index < -0.39 is 15.8 Å². The van der Waals surface area contributed by atoms with Crippen molar-refractivity contribution < 1.29 is 23.1 Å². The minimum Gasteiger partial charge on any atom is -0.481 e. The minimum absolute atomic E-state index is 0.0258. The second-order valence-corrected chi connectivity index (χ2v) is 11.3. The smallest absolute Gasteiger partial charge is 0.305 e. The number of aryl methyl sites for hydroxylation is 1. The van der Waals surface area contributed by atoms with E-state index in [1.54, 1.807) is 24.3 Å². The van der Waals surface area contributed by atoms with Gasteiger partial charge in [0.1, 0.15) is 11.7 Å². The van der Waals surface area contributed by atoms with Gasteiger partial charge >= 0.3 is 5.97 Å². The van der Waals surface area contributed by atoms with Crippen molar-refractivity contribution in [3.05, 3.63) is 53.6 Å². The second kappa shape index (κ2) is 11.1. The van der Waals surface area contributed by atoms with Gasteiger partial charge in [-0.2, -0.15) is 0 Å². The largest absolute Gasteiger partial charge is 0.481 e. The first kappa shape index (κ1) is 26.3. The van der Waals surface area contributed by atoms with Crippen molar-refractivity contribution in [1.82, 2.24) is 19.8 Å². The van der Waals surface area contributed by atoms with Crippen LogP contribution in [0, 0.1) is 5.41 Å². The minimum atomic E-state index is -2.93. The Morgan fingerprint density at radius 3 is 2.38 bits per heavy atom. The van der Waals surface area contributed by atoms with Crippen molar-refractivity contribution in [2.24, 2.45) is 5.73 Å². The Labute approximate surface area is 214 Å². The molecular formula is C25H30N6O5S. The lowest BCUT2D eigenvalue weighted by Gasteiger charge is -2.26. The summed E-state index contributed by atoms with van der Waals surface area (Å²) in [6, 6.07) is 12.4. The number of amidine groups is 1. The maximum absolute atomic E-state index is 12.5. The van der Waals surface area contributed by atoms with E-state index in [1.807, 2.05) is 18.2 Å². The molecule has 0 radical (unpaired) electrons. The number of nitrogen functional groups attached to an aromatic ring is 1. The second-order valence-electron chi connectivity index (χ2n) is 9.03. The van der Waals surface area contributed by atoms with Crippen molar-refractivity contribution in [1.29, 1.82) is 5.41 Å². The zero-order valence-corrected chi connectivity index (χ0v) is 21.1. The maximum Gasteiger partial charge on any atom is 0.305 e. The zero-order valence-electron chi connectivity index (χ0n) is 20.3. The standard InChI is InChI=1S/C25H30N6O5S/c26-23(27)17-2-4-18(5-3-17)24-29-20-16-19(25(34)28-9-8-22(32)33)6-7-21(20)31(24)11-1-10-30-12-14-37(35,36)15-13-30/h2-7,16H,1,8-15H2,(H3,26,27)(H,28,34)(H,32,33). The first-order chi connectivity index (χ1) is 17.6. The van der Waals surface area contributed by atoms with E-state index in [-0.39, 0.29) is 36.2 Å². The number of carbonyl (C=O) groups is 2. The van der Waals surface area contributed by atoms with Crippen molar-refractivity contribution in [3.63, 3.8) is 0 Å². The first-order valence-electron chi connectivity index (χ1n) is 12.0. The molecule has 1 aliphatic rings. The summed E-state index contributed by atoms with van der Waals surface area (Å²) in [5.74, 6) is -0.305. The molecule has 12 heteroatoms. The molecule has 2 heterocycles. The number of nitrogens with zero attached hydrogens (tertiary/aromatic N) is 3. The van der Waals surface area contributed by atoms with Crippen LogP contribution in [0.5, 0.6) is 0 Å². The van der Waals surface area contributed by atoms with Crippen LogP contribution in [-0.4, -0.2) is 83.4 Å². The number of carboxylic acids is 1. The lowest BCUT2D eigenvalue weighted by atomic mass is 10.1. The van der Waals surface area contributed by atoms with E-state index in [2.05, 4.69) is 14.8 Å². The van der Waals surface area contributed by atoms with Crippen LogP contribution < -0.4 is 11.1 Å². The van der Waals surface area contributed by atoms with Crippen LogP contribution >= 0.6 is 0 Å². The van der Waals surface area contributed by atoms with E-state index in [0.717, 1.165) is 24.0 Å². The van der Waals surface area contributed by atoms with Crippen molar-refractivity contribution in [2.75, 3.05) is 37.7 Å². The van der Waals surface area contributed by atoms with Gasteiger partial charge in [0.2, 0.25) is 0 Å². The number of aromatic nitrogens is 2. The van der Waals surface area contributed by atoms with Gasteiger partial charge in [-0.3, -0.25) is 15.0 Å². The molecule has 0 atom stereocenters. The highest BCUT2D eigenvalue weighted by Gasteiger charge is 2.21. The Bertz CT molecular complexity index is 1420. The number of aliphatic carboxylic acids is 1. The third kappa shape index (κ3) is 6.52. The van der Waals surface area contributed by atoms with Gasteiger partial charge < -0.3 is 25.6 Å². The van der Waals surface area contributed by atoms with Crippen molar-refractivity contribution in [2.45, 2.75) is 19.4 Å². The molecular weight excluding hydrogens is 496 g/mol. The van der Waals surface area contributed by atoms with Gasteiger partial charge in [-0.1, -0.05) is 24.3 Å². The summed E-state index contributed by atoms with van der Waals surface area (Å²) in [4.78, 5) is 30.2. The molecule has 196 valence electrons. The molecule has 3 aromatic rings. The molecule has 2 aromatic carbocycles. The van der Waals surface area contributed by atoms with Gasteiger partial charge in [-0.15, -0.1) is 0 Å². The number of sulfone groups is 1. The molecule has 0 aliphatic carbocycles. The van der Waals surface area contributed by atoms with Gasteiger partial charge in [0.15, 0.2) is 9.84 Å². The first-order valence-corrected chi connectivity index (χ1v) is 13.8. The number of carboxylic acid groups (broad SMARTS) is 1. The van der Waals surface area contributed by atoms with Crippen LogP contribution in [0.4, 0.5) is 0 Å². The van der Waals surface area contributed by atoms with Crippen LogP contribution in [0.15, 0.2) is 42.5 Å². The van der Waals surface area contributed by atoms with E-state index in [9.17, 15) is 18.0 Å². The average Bonchev–Trinajstić information content (AvgIpc) is 3.22. The highest BCUT2D eigenvalue weighted by atomic mass is 32.2. The highest BCUT2D eigenvalue weighted by molar-refractivity contribution is 7.91. The quantitative estimate of drug-likeness (QED) is 0.226. The number of imidazole rings is 1. The summed E-state index contributed by atoms with van der Waals surface area (Å²) in [6.07, 6.45) is 0.618. The lowest BCUT2D eigenvalue weighted by Crippen LogP contribution is -2.40. The normalized spacial score (nSPS) is 15.5. The number of hydrogen-bond acceptors (Lipinski definition) is 7. The Kier molecular flexibility index (Phi) is 7.89. The number of nitrogens with two attached hydrogens (primary N) is 1. The molecule has 0 unspecified atom stereocenters. The number of rotatable bonds is 10. The Morgan fingerprint density at radius 2 is 1.73 bits per heavy atom. The fourth-order valence-electron chi connectivity index (χ4n) is 4.33. The fourth-order valence-corrected chi connectivity index (χ4v) is 5.60. The van der Waals surface area contributed by atoms with Gasteiger partial charge in [0, 0.05) is 42.9 Å². The average molecular weight is 527 g/mol. The summed E-state index contributed by atoms with van der Waals surface area (Å²) < 4.78 is 25.5. The van der Waals surface area contributed by atoms with E-state index in [4.69, 9.17) is 21.2 Å². The fraction of sp³-hybridized carbons (Fsp3) is 0.360. The highest BCUT2D eigenvalue weighted by Crippen LogP contribution is 2.26. The lowest BCUT2D eigenvalue weighted by molar-refractivity contribution is -0.136. The number of amides is 1. The molecule has 5 N–H and O–H groups in total. The molecule has 4 rings (SSSR count). The summed E-state index contributed by atoms with van der Waals surface area (Å²) in [5.41, 5.74) is 8.88. The van der Waals surface area contributed by atoms with E-state index >= 15 is 0 Å². The number of carbonyl (C=O) groups excluding carboxylic acids is 1. The predicted molar refractivity (Wildman–Crippen MR) is 140 cm³/mol. The van der Waals surface area contributed by atoms with Gasteiger partial charge in [0.05, 0.1) is 29.0 Å². The molecule has 1 fully saturated rings. The molecule has 11 nitrogen and oxygen atoms in total. The molecule has 1 saturated heterocycles. The topological polar surface area (TPSA) is 171 Å². The van der Waals surface area contributed by atoms with Crippen molar-refractivity contribution >= 4 is 38.6 Å². The summed E-state index contributed by atoms with van der Waals surface area (Å²) in [6.45, 7) is 2.49. The maximum atomic E-state index is 12.5. The molecule has 37 heavy (non-hydrogen) atoms. The SMILES string of the molecule is N=C(N)c1ccc(-c2nc3cc(C(=O)NCCC(=O)O)ccc3n2CCCN2CCS(=O)(=O)CC2)cc1. The van der Waals surface area contributed by atoms with Gasteiger partial charge in [-0.05, 0) is 31.2 Å². The van der Waals surface area contributed by atoms with Crippen LogP contribution in [0.25, 0.3) is 22.4 Å². The van der Waals surface area contributed by atoms with E-state index in [0.29, 0.717) is 42.1 Å². The number of benzene rings is 2. The van der Waals surface area contributed by atoms with Crippen molar-refractivity contribution in [3.8, 4) is 11.4 Å². The summed E-state index contributed by atoms with van der Waals surface area (Å²) >= 11 is 0. The summed E-state index contributed by atoms with van der Waals surface area (Å²) in [7, 11) is -2.93. The number of fused-ring (bicyclic) bond motifs is 1. The molecule has 1 aliphatic heterocycles. The molecule has 0 saturated carbocycles. The zero-order chi connectivity index (χ0) is 26.6. The third-order valence-electron chi connectivity index (χ3n) is 6.38. The van der Waals surface area contributed by atoms with Gasteiger partial charge in [0.25, 0.3) is 5.91 Å². The molecule has 0 spiro atoms. The van der Waals surface area contributed by atoms with Crippen LogP contribution in [0.1, 0.15) is 28.8 Å². The Hall–Kier alpha value is -3.77. The monoisotopic (exact) mass is 526 g/mol. The van der Waals surface area contributed by atoms with Crippen LogP contribution in [0.3, 0.4) is 0 Å². The third-order valence-corrected chi connectivity index (χ3v) is 7.99. The number of hydrogen-bond donors (Lipinski definition) is 4. The molecule has 1 amide bonds. The van der Waals surface area contributed by atoms with Gasteiger partial charge in [-0.25, -0.2) is 13.4 Å².